The Morgan fingerprint density at radius 2 is 0.588 bits per heavy atom. The molecule has 18 nitrogen and oxygen atoms in total. The van der Waals surface area contributed by atoms with Crippen molar-refractivity contribution in [2.75, 3.05) is 0 Å². The molecule has 0 bridgehead atoms. The number of rotatable bonds is 13. The molecule has 0 spiro atoms. The maximum atomic E-state index is 12.7. The van der Waals surface area contributed by atoms with Gasteiger partial charge in [-0.3, -0.25) is 58.6 Å². The Morgan fingerprint density at radius 3 is 0.894 bits per heavy atom. The highest BCUT2D eigenvalue weighted by atomic mass is 16.5. The SMILES string of the molecule is CC(C)(c1ccc(Oc2ccc3c(c2)C(=O)NC3=O)cc1)c1ccc(Oc2ccc3c(c2)C(=O)NC3=O)cc1.CCC(=O)N1C(=O)c2ccc(Oc3ccc(C(C)(C)c4ccc(Oc5ccc6c(c5)C(=O)N(C(C)=O)C6=O)cc4)cc3)cc2C1=O. The van der Waals surface area contributed by atoms with Crippen molar-refractivity contribution in [2.45, 2.75) is 58.8 Å². The van der Waals surface area contributed by atoms with Crippen molar-refractivity contribution in [2.24, 2.45) is 0 Å². The number of imide groups is 8. The summed E-state index contributed by atoms with van der Waals surface area (Å²) in [5, 5.41) is 4.55. The lowest BCUT2D eigenvalue weighted by Crippen LogP contribution is -2.35. The van der Waals surface area contributed by atoms with Gasteiger partial charge in [0.1, 0.15) is 46.0 Å². The number of benzene rings is 8. The molecule has 0 saturated heterocycles. The molecule has 4 heterocycles. The standard InChI is InChI=1S/C36H28N2O8.C31H22N2O6/c1-5-31(40)38-33(42)28-17-15-26(19-30(28)35(38)44)46-24-12-8-22(9-13-24)36(3,4)21-6-10-23(11-7-21)45-25-14-16-27-29(18-25)34(43)37(20(2)39)32(27)41;1-31(2,17-3-7-19(8-4-17)38-21-11-13-23-25(15-21)29(36)32-27(23)34)18-5-9-20(10-6-18)39-22-12-14-24-26(16-22)30(37)33-28(24)35/h6-19H,5H2,1-4H3;3-16H,1-2H3,(H,32,34,36)(H,33,35,37). The first-order valence-corrected chi connectivity index (χ1v) is 26.8. The van der Waals surface area contributed by atoms with Crippen LogP contribution in [0.5, 0.6) is 46.0 Å². The molecule has 0 aromatic heterocycles. The van der Waals surface area contributed by atoms with Gasteiger partial charge in [0.2, 0.25) is 11.8 Å². The van der Waals surface area contributed by atoms with Gasteiger partial charge in [-0.2, -0.15) is 0 Å². The van der Waals surface area contributed by atoms with Crippen molar-refractivity contribution in [1.82, 2.24) is 20.4 Å². The van der Waals surface area contributed by atoms with Crippen molar-refractivity contribution in [3.63, 3.8) is 0 Å². The second kappa shape index (κ2) is 21.6. The van der Waals surface area contributed by atoms with E-state index in [4.69, 9.17) is 18.9 Å². The molecule has 12 rings (SSSR count). The average molecular weight is 1140 g/mol. The van der Waals surface area contributed by atoms with Gasteiger partial charge in [-0.15, -0.1) is 0 Å². The number of amides is 10. The zero-order valence-corrected chi connectivity index (χ0v) is 46.5. The lowest BCUT2D eigenvalue weighted by Gasteiger charge is -2.26. The van der Waals surface area contributed by atoms with Gasteiger partial charge in [0, 0.05) is 24.2 Å². The van der Waals surface area contributed by atoms with E-state index in [0.29, 0.717) is 78.0 Å². The summed E-state index contributed by atoms with van der Waals surface area (Å²) in [6, 6.07) is 49.1. The molecule has 8 aromatic carbocycles. The van der Waals surface area contributed by atoms with Crippen LogP contribution in [0.1, 0.15) is 153 Å². The Morgan fingerprint density at radius 1 is 0.341 bits per heavy atom. The first kappa shape index (κ1) is 55.8. The van der Waals surface area contributed by atoms with E-state index >= 15 is 0 Å². The van der Waals surface area contributed by atoms with Gasteiger partial charge >= 0.3 is 0 Å². The third-order valence-corrected chi connectivity index (χ3v) is 15.2. The van der Waals surface area contributed by atoms with Crippen molar-refractivity contribution in [3.8, 4) is 46.0 Å². The maximum Gasteiger partial charge on any atom is 0.268 e. The summed E-state index contributed by atoms with van der Waals surface area (Å²) in [6.45, 7) is 11.1. The summed E-state index contributed by atoms with van der Waals surface area (Å²) < 4.78 is 23.8. The van der Waals surface area contributed by atoms with Crippen LogP contribution in [0.3, 0.4) is 0 Å². The molecular weight excluding hydrogens is 1080 g/mol. The Bertz CT molecular complexity index is 4080. The van der Waals surface area contributed by atoms with E-state index in [9.17, 15) is 47.9 Å². The third-order valence-electron chi connectivity index (χ3n) is 15.2. The van der Waals surface area contributed by atoms with Gasteiger partial charge < -0.3 is 18.9 Å². The highest BCUT2D eigenvalue weighted by molar-refractivity contribution is 6.30. The summed E-state index contributed by atoms with van der Waals surface area (Å²) in [5.41, 5.74) is 5.32. The van der Waals surface area contributed by atoms with Gasteiger partial charge in [0.05, 0.1) is 44.5 Å². The molecule has 0 aliphatic carbocycles. The highest BCUT2D eigenvalue weighted by Crippen LogP contribution is 2.39. The minimum Gasteiger partial charge on any atom is -0.457 e. The van der Waals surface area contributed by atoms with Crippen molar-refractivity contribution >= 4 is 59.1 Å². The molecule has 8 aromatic rings. The molecule has 0 fully saturated rings. The average Bonchev–Trinajstić information content (AvgIpc) is 3.29. The zero-order valence-electron chi connectivity index (χ0n) is 46.5. The molecule has 0 radical (unpaired) electrons. The number of carbonyl (C=O) groups excluding carboxylic acids is 10. The van der Waals surface area contributed by atoms with Crippen LogP contribution in [0.4, 0.5) is 0 Å². The van der Waals surface area contributed by atoms with Crippen LogP contribution in [-0.2, 0) is 20.4 Å². The normalized spacial score (nSPS) is 14.0. The van der Waals surface area contributed by atoms with Crippen molar-refractivity contribution in [1.29, 1.82) is 0 Å². The number of hydrogen-bond donors (Lipinski definition) is 2. The lowest BCUT2D eigenvalue weighted by atomic mass is 9.78. The Balaban J connectivity index is 0.000000179. The third kappa shape index (κ3) is 10.5. The summed E-state index contributed by atoms with van der Waals surface area (Å²) in [7, 11) is 0. The fourth-order valence-corrected chi connectivity index (χ4v) is 10.3. The zero-order chi connectivity index (χ0) is 60.2. The van der Waals surface area contributed by atoms with Crippen LogP contribution >= 0.6 is 0 Å². The molecule has 2 N–H and O–H groups in total. The van der Waals surface area contributed by atoms with Crippen LogP contribution in [0, 0.1) is 0 Å². The van der Waals surface area contributed by atoms with Crippen LogP contribution < -0.4 is 29.6 Å². The second-order valence-electron chi connectivity index (χ2n) is 21.3. The van der Waals surface area contributed by atoms with Gasteiger partial charge in [-0.25, -0.2) is 9.80 Å². The van der Waals surface area contributed by atoms with E-state index in [2.05, 4.69) is 38.3 Å². The summed E-state index contributed by atoms with van der Waals surface area (Å²) >= 11 is 0. The highest BCUT2D eigenvalue weighted by Gasteiger charge is 2.41. The first-order chi connectivity index (χ1) is 40.6. The predicted molar refractivity (Wildman–Crippen MR) is 307 cm³/mol. The topological polar surface area (TPSA) is 238 Å². The van der Waals surface area contributed by atoms with Crippen LogP contribution in [0.15, 0.2) is 170 Å². The smallest absolute Gasteiger partial charge is 0.268 e. The van der Waals surface area contributed by atoms with E-state index in [1.54, 1.807) is 55.5 Å². The molecule has 18 heteroatoms. The van der Waals surface area contributed by atoms with E-state index in [1.165, 1.54) is 31.2 Å². The molecule has 4 aliphatic rings. The summed E-state index contributed by atoms with van der Waals surface area (Å²) in [5.74, 6) is -1.48. The quantitative estimate of drug-likeness (QED) is 0.102. The molecule has 10 amide bonds. The maximum absolute atomic E-state index is 12.7. The predicted octanol–water partition coefficient (Wildman–Crippen LogP) is 11.6. The number of nitrogens with one attached hydrogen (secondary N) is 2. The Labute approximate surface area is 485 Å². The van der Waals surface area contributed by atoms with Gasteiger partial charge in [-0.05, 0) is 144 Å². The van der Waals surface area contributed by atoms with Crippen LogP contribution in [0.25, 0.3) is 0 Å². The Kier molecular flexibility index (Phi) is 14.2. The minimum absolute atomic E-state index is 0.0426. The van der Waals surface area contributed by atoms with Gasteiger partial charge in [0.15, 0.2) is 0 Å². The molecular formula is C67H50N4O14. The molecule has 85 heavy (non-hydrogen) atoms. The van der Waals surface area contributed by atoms with Crippen molar-refractivity contribution in [3.05, 3.63) is 237 Å². The van der Waals surface area contributed by atoms with E-state index in [0.717, 1.165) is 22.3 Å². The van der Waals surface area contributed by atoms with Gasteiger partial charge in [-0.1, -0.05) is 83.1 Å². The summed E-state index contributed by atoms with van der Waals surface area (Å²) in [6.07, 6.45) is 0.0426. The number of nitrogens with zero attached hydrogens (tertiary/aromatic N) is 2. The van der Waals surface area contributed by atoms with Crippen LogP contribution in [-0.4, -0.2) is 68.9 Å². The number of carbonyl (C=O) groups is 10. The number of fused-ring (bicyclic) bond motifs is 4. The Hall–Kier alpha value is -11.1. The largest absolute Gasteiger partial charge is 0.457 e. The minimum atomic E-state index is -0.665. The molecule has 0 unspecified atom stereocenters. The fourth-order valence-electron chi connectivity index (χ4n) is 10.3. The molecule has 422 valence electrons. The fraction of sp³-hybridized carbons (Fsp3) is 0.134. The number of hydrogen-bond acceptors (Lipinski definition) is 14. The molecule has 0 saturated carbocycles. The first-order valence-electron chi connectivity index (χ1n) is 26.8. The van der Waals surface area contributed by atoms with E-state index < -0.39 is 64.5 Å². The monoisotopic (exact) mass is 1130 g/mol. The van der Waals surface area contributed by atoms with Crippen LogP contribution in [0.2, 0.25) is 0 Å². The van der Waals surface area contributed by atoms with Gasteiger partial charge in [0.25, 0.3) is 47.3 Å². The van der Waals surface area contributed by atoms with E-state index in [-0.39, 0.29) is 34.1 Å². The van der Waals surface area contributed by atoms with E-state index in [1.807, 2.05) is 97.1 Å². The molecule has 4 aliphatic heterocycles. The summed E-state index contributed by atoms with van der Waals surface area (Å²) in [4.78, 5) is 123. The lowest BCUT2D eigenvalue weighted by molar-refractivity contribution is -0.126. The second-order valence-corrected chi connectivity index (χ2v) is 21.3. The molecule has 0 atom stereocenters. The number of ether oxygens (including phenoxy) is 4. The van der Waals surface area contributed by atoms with Crippen molar-refractivity contribution < 1.29 is 66.9 Å².